The summed E-state index contributed by atoms with van der Waals surface area (Å²) < 4.78 is 12.0. The smallest absolute Gasteiger partial charge is 0.255 e. The van der Waals surface area contributed by atoms with Crippen LogP contribution in [-0.2, 0) is 12.0 Å². The van der Waals surface area contributed by atoms with Gasteiger partial charge in [-0.15, -0.1) is 0 Å². The number of hydrogen-bond acceptors (Lipinski definition) is 3. The zero-order valence-electron chi connectivity index (χ0n) is 19.3. The van der Waals surface area contributed by atoms with E-state index in [1.807, 2.05) is 50.2 Å². The molecule has 0 unspecified atom stereocenters. The minimum atomic E-state index is -0.213. The molecule has 0 radical (unpaired) electrons. The summed E-state index contributed by atoms with van der Waals surface area (Å²) in [6, 6.07) is 18.8. The van der Waals surface area contributed by atoms with Crippen LogP contribution in [0.2, 0.25) is 5.02 Å². The van der Waals surface area contributed by atoms with Gasteiger partial charge in [0.05, 0.1) is 6.61 Å². The molecule has 0 spiro atoms. The molecule has 0 saturated carbocycles. The van der Waals surface area contributed by atoms with Gasteiger partial charge < -0.3 is 14.8 Å². The van der Waals surface area contributed by atoms with Gasteiger partial charge >= 0.3 is 0 Å². The van der Waals surface area contributed by atoms with E-state index in [-0.39, 0.29) is 11.3 Å². The molecule has 0 heterocycles. The number of para-hydroxylation sites is 1. The van der Waals surface area contributed by atoms with Gasteiger partial charge in [-0.05, 0) is 66.8 Å². The lowest BCUT2D eigenvalue weighted by Gasteiger charge is -2.23. The van der Waals surface area contributed by atoms with Crippen molar-refractivity contribution in [2.75, 3.05) is 11.9 Å². The molecule has 32 heavy (non-hydrogen) atoms. The molecule has 168 valence electrons. The van der Waals surface area contributed by atoms with Crippen molar-refractivity contribution < 1.29 is 14.3 Å². The van der Waals surface area contributed by atoms with E-state index in [0.29, 0.717) is 35.2 Å². The van der Waals surface area contributed by atoms with Gasteiger partial charge in [0.15, 0.2) is 0 Å². The quantitative estimate of drug-likeness (QED) is 0.414. The van der Waals surface area contributed by atoms with Crippen LogP contribution in [-0.4, -0.2) is 12.5 Å². The number of anilines is 1. The maximum atomic E-state index is 12.9. The summed E-state index contributed by atoms with van der Waals surface area (Å²) in [5.74, 6) is 1.32. The van der Waals surface area contributed by atoms with Gasteiger partial charge in [-0.25, -0.2) is 0 Å². The Bertz CT molecular complexity index is 1100. The van der Waals surface area contributed by atoms with Crippen LogP contribution in [0.25, 0.3) is 0 Å². The van der Waals surface area contributed by atoms with E-state index in [1.165, 1.54) is 0 Å². The molecule has 5 heteroatoms. The lowest BCUT2D eigenvalue weighted by atomic mass is 9.86. The largest absolute Gasteiger partial charge is 0.493 e. The van der Waals surface area contributed by atoms with E-state index in [1.54, 1.807) is 18.2 Å². The zero-order chi connectivity index (χ0) is 23.3. The highest BCUT2D eigenvalue weighted by Gasteiger charge is 2.19. The Labute approximate surface area is 195 Å². The Balaban J connectivity index is 1.85. The molecule has 0 aliphatic carbocycles. The number of amides is 1. The van der Waals surface area contributed by atoms with E-state index >= 15 is 0 Å². The molecular weight excluding hydrogens is 422 g/mol. The molecule has 0 aliphatic heterocycles. The third kappa shape index (κ3) is 5.83. The van der Waals surface area contributed by atoms with Crippen LogP contribution in [0.1, 0.15) is 54.7 Å². The van der Waals surface area contributed by atoms with Crippen molar-refractivity contribution in [3.63, 3.8) is 0 Å². The number of benzene rings is 3. The summed E-state index contributed by atoms with van der Waals surface area (Å²) in [7, 11) is 0. The Morgan fingerprint density at radius 3 is 2.44 bits per heavy atom. The predicted molar refractivity (Wildman–Crippen MR) is 131 cm³/mol. The molecule has 0 atom stereocenters. The van der Waals surface area contributed by atoms with Gasteiger partial charge in [0.2, 0.25) is 0 Å². The molecular formula is C27H30ClNO3. The molecule has 0 aromatic heterocycles. The van der Waals surface area contributed by atoms with Crippen molar-refractivity contribution in [2.45, 2.75) is 46.6 Å². The third-order valence-electron chi connectivity index (χ3n) is 5.15. The number of aryl methyl sites for hydroxylation is 1. The van der Waals surface area contributed by atoms with Gasteiger partial charge in [0.25, 0.3) is 5.91 Å². The fourth-order valence-electron chi connectivity index (χ4n) is 3.42. The van der Waals surface area contributed by atoms with Crippen LogP contribution in [0.4, 0.5) is 5.69 Å². The Hall–Kier alpha value is -2.98. The summed E-state index contributed by atoms with van der Waals surface area (Å²) in [6.45, 7) is 11.1. The monoisotopic (exact) mass is 451 g/mol. The Morgan fingerprint density at radius 1 is 0.969 bits per heavy atom. The molecule has 0 fully saturated rings. The molecule has 0 saturated heterocycles. The first kappa shape index (κ1) is 23.7. The van der Waals surface area contributed by atoms with Crippen LogP contribution in [0.3, 0.4) is 0 Å². The van der Waals surface area contributed by atoms with Crippen molar-refractivity contribution in [3.8, 4) is 11.5 Å². The minimum Gasteiger partial charge on any atom is -0.493 e. The van der Waals surface area contributed by atoms with Crippen LogP contribution in [0.15, 0.2) is 60.7 Å². The normalized spacial score (nSPS) is 11.2. The van der Waals surface area contributed by atoms with Crippen LogP contribution in [0, 0.1) is 6.92 Å². The van der Waals surface area contributed by atoms with Crippen molar-refractivity contribution in [1.82, 2.24) is 0 Å². The molecule has 3 aromatic carbocycles. The number of nitrogens with one attached hydrogen (secondary N) is 1. The first-order valence-corrected chi connectivity index (χ1v) is 11.1. The Kier molecular flexibility index (Phi) is 7.47. The summed E-state index contributed by atoms with van der Waals surface area (Å²) >= 11 is 6.09. The van der Waals surface area contributed by atoms with Gasteiger partial charge in [-0.2, -0.15) is 0 Å². The number of rotatable bonds is 7. The van der Waals surface area contributed by atoms with E-state index in [0.717, 1.165) is 22.4 Å². The molecule has 3 rings (SSSR count). The second-order valence-electron chi connectivity index (χ2n) is 8.70. The fraction of sp³-hybridized carbons (Fsp3) is 0.296. The Morgan fingerprint density at radius 2 is 1.72 bits per heavy atom. The summed E-state index contributed by atoms with van der Waals surface area (Å²) in [4.78, 5) is 12.9. The fourth-order valence-corrected chi connectivity index (χ4v) is 3.59. The van der Waals surface area contributed by atoms with Crippen molar-refractivity contribution in [1.29, 1.82) is 0 Å². The zero-order valence-corrected chi connectivity index (χ0v) is 20.0. The average Bonchev–Trinajstić information content (AvgIpc) is 2.75. The standard InChI is InChI=1S/C27H30ClNO3/c1-6-31-24-14-12-19(26(30)29-23-16-21(28)13-11-18(23)2)15-20(24)17-32-25-10-8-7-9-22(25)27(3,4)5/h7-16H,6,17H2,1-5H3,(H,29,30). The number of hydrogen-bond donors (Lipinski definition) is 1. The number of carbonyl (C=O) groups is 1. The first-order chi connectivity index (χ1) is 15.2. The lowest BCUT2D eigenvalue weighted by molar-refractivity contribution is 0.102. The van der Waals surface area contributed by atoms with E-state index in [2.05, 4.69) is 32.2 Å². The highest BCUT2D eigenvalue weighted by atomic mass is 35.5. The first-order valence-electron chi connectivity index (χ1n) is 10.7. The second-order valence-corrected chi connectivity index (χ2v) is 9.14. The van der Waals surface area contributed by atoms with Crippen LogP contribution < -0.4 is 14.8 Å². The molecule has 1 N–H and O–H groups in total. The predicted octanol–water partition coefficient (Wildman–Crippen LogP) is 7.18. The SMILES string of the molecule is CCOc1ccc(C(=O)Nc2cc(Cl)ccc2C)cc1COc1ccccc1C(C)(C)C. The van der Waals surface area contributed by atoms with Crippen LogP contribution >= 0.6 is 11.6 Å². The van der Waals surface area contributed by atoms with Gasteiger partial charge in [0.1, 0.15) is 18.1 Å². The second kappa shape index (κ2) is 10.1. The number of ether oxygens (including phenoxy) is 2. The molecule has 3 aromatic rings. The third-order valence-corrected chi connectivity index (χ3v) is 5.38. The molecule has 4 nitrogen and oxygen atoms in total. The maximum absolute atomic E-state index is 12.9. The van der Waals surface area contributed by atoms with Gasteiger partial charge in [-0.3, -0.25) is 4.79 Å². The highest BCUT2D eigenvalue weighted by molar-refractivity contribution is 6.31. The van der Waals surface area contributed by atoms with E-state index in [4.69, 9.17) is 21.1 Å². The number of carbonyl (C=O) groups excluding carboxylic acids is 1. The van der Waals surface area contributed by atoms with Gasteiger partial charge in [-0.1, -0.05) is 56.6 Å². The summed E-state index contributed by atoms with van der Waals surface area (Å²) in [5, 5.41) is 3.52. The maximum Gasteiger partial charge on any atom is 0.255 e. The number of halogens is 1. The van der Waals surface area contributed by atoms with Crippen LogP contribution in [0.5, 0.6) is 11.5 Å². The minimum absolute atomic E-state index is 0.0457. The van der Waals surface area contributed by atoms with Crippen molar-refractivity contribution >= 4 is 23.2 Å². The highest BCUT2D eigenvalue weighted by Crippen LogP contribution is 2.32. The molecule has 1 amide bonds. The average molecular weight is 452 g/mol. The summed E-state index contributed by atoms with van der Waals surface area (Å²) in [6.07, 6.45) is 0. The molecule has 0 bridgehead atoms. The van der Waals surface area contributed by atoms with Crippen molar-refractivity contribution in [2.24, 2.45) is 0 Å². The molecule has 0 aliphatic rings. The van der Waals surface area contributed by atoms with E-state index in [9.17, 15) is 4.79 Å². The van der Waals surface area contributed by atoms with Gasteiger partial charge in [0, 0.05) is 21.8 Å². The summed E-state index contributed by atoms with van der Waals surface area (Å²) in [5.41, 5.74) is 4.05. The van der Waals surface area contributed by atoms with E-state index < -0.39 is 0 Å². The van der Waals surface area contributed by atoms with Crippen molar-refractivity contribution in [3.05, 3.63) is 87.9 Å². The lowest BCUT2D eigenvalue weighted by Crippen LogP contribution is -2.15. The topological polar surface area (TPSA) is 47.6 Å².